The van der Waals surface area contributed by atoms with E-state index in [1.165, 1.54) is 18.2 Å². The van der Waals surface area contributed by atoms with Crippen molar-refractivity contribution in [1.29, 1.82) is 0 Å². The summed E-state index contributed by atoms with van der Waals surface area (Å²) in [4.78, 5) is 12.5. The van der Waals surface area contributed by atoms with Gasteiger partial charge in [0, 0.05) is 24.7 Å². The van der Waals surface area contributed by atoms with Crippen LogP contribution in [0.4, 0.5) is 5.69 Å². The van der Waals surface area contributed by atoms with Crippen LogP contribution in [0.2, 0.25) is 0 Å². The summed E-state index contributed by atoms with van der Waals surface area (Å²) in [7, 11) is -1.88. The lowest BCUT2D eigenvalue weighted by atomic mass is 10.1. The number of primary sulfonamides is 1. The summed E-state index contributed by atoms with van der Waals surface area (Å²) in [6.45, 7) is 2.42. The molecule has 0 spiro atoms. The van der Waals surface area contributed by atoms with Gasteiger partial charge in [-0.3, -0.25) is 15.0 Å². The number of nitrogens with two attached hydrogens (primary N) is 1. The standard InChI is InChI=1S/C16H19N3O4S/c1-12(14-6-4-8-16(10-14)24(17,22)23)18(2)11-13-5-3-7-15(9-13)19(20)21/h3-10,12H,11H2,1-2H3,(H2,17,22,23)/t12-/m0/s1. The van der Waals surface area contributed by atoms with Gasteiger partial charge in [-0.2, -0.15) is 0 Å². The predicted molar refractivity (Wildman–Crippen MR) is 90.8 cm³/mol. The molecule has 128 valence electrons. The second-order valence-electron chi connectivity index (χ2n) is 5.64. The van der Waals surface area contributed by atoms with Crippen LogP contribution >= 0.6 is 0 Å². The van der Waals surface area contributed by atoms with Gasteiger partial charge in [0.25, 0.3) is 5.69 Å². The van der Waals surface area contributed by atoms with Crippen LogP contribution < -0.4 is 5.14 Å². The predicted octanol–water partition coefficient (Wildman–Crippen LogP) is 2.44. The molecule has 2 rings (SSSR count). The largest absolute Gasteiger partial charge is 0.295 e. The van der Waals surface area contributed by atoms with Crippen LogP contribution in [-0.2, 0) is 16.6 Å². The first-order valence-corrected chi connectivity index (χ1v) is 8.79. The van der Waals surface area contributed by atoms with Crippen molar-refractivity contribution in [1.82, 2.24) is 4.90 Å². The molecular formula is C16H19N3O4S. The number of benzene rings is 2. The monoisotopic (exact) mass is 349 g/mol. The molecule has 0 aromatic heterocycles. The Bertz CT molecular complexity index is 852. The van der Waals surface area contributed by atoms with Crippen molar-refractivity contribution >= 4 is 15.7 Å². The van der Waals surface area contributed by atoms with Crippen molar-refractivity contribution in [2.75, 3.05) is 7.05 Å². The lowest BCUT2D eigenvalue weighted by Crippen LogP contribution is -2.22. The Labute approximate surface area is 140 Å². The first-order chi connectivity index (χ1) is 11.2. The number of non-ortho nitro benzene ring substituents is 1. The van der Waals surface area contributed by atoms with Gasteiger partial charge in [-0.25, -0.2) is 13.6 Å². The summed E-state index contributed by atoms with van der Waals surface area (Å²) in [5.41, 5.74) is 1.65. The van der Waals surface area contributed by atoms with E-state index in [1.54, 1.807) is 18.2 Å². The van der Waals surface area contributed by atoms with Crippen LogP contribution in [-0.4, -0.2) is 25.3 Å². The molecule has 0 heterocycles. The zero-order valence-corrected chi connectivity index (χ0v) is 14.2. The number of rotatable bonds is 6. The minimum atomic E-state index is -3.75. The maximum Gasteiger partial charge on any atom is 0.269 e. The number of nitro benzene ring substituents is 1. The highest BCUT2D eigenvalue weighted by atomic mass is 32.2. The quantitative estimate of drug-likeness (QED) is 0.637. The molecule has 0 fully saturated rings. The summed E-state index contributed by atoms with van der Waals surface area (Å²) >= 11 is 0. The van der Waals surface area contributed by atoms with Gasteiger partial charge >= 0.3 is 0 Å². The number of nitro groups is 1. The summed E-state index contributed by atoms with van der Waals surface area (Å²) in [6, 6.07) is 12.8. The summed E-state index contributed by atoms with van der Waals surface area (Å²) < 4.78 is 22.9. The topological polar surface area (TPSA) is 107 Å². The van der Waals surface area contributed by atoms with Gasteiger partial charge < -0.3 is 0 Å². The Morgan fingerprint density at radius 2 is 1.88 bits per heavy atom. The van der Waals surface area contributed by atoms with E-state index in [-0.39, 0.29) is 16.6 Å². The Hall–Kier alpha value is -2.29. The van der Waals surface area contributed by atoms with Crippen molar-refractivity contribution in [3.63, 3.8) is 0 Å². The van der Waals surface area contributed by atoms with E-state index in [0.717, 1.165) is 11.1 Å². The van der Waals surface area contributed by atoms with E-state index in [1.807, 2.05) is 31.0 Å². The molecule has 0 aliphatic carbocycles. The van der Waals surface area contributed by atoms with Crippen molar-refractivity contribution in [2.24, 2.45) is 5.14 Å². The molecule has 7 nitrogen and oxygen atoms in total. The van der Waals surface area contributed by atoms with Gasteiger partial charge in [-0.1, -0.05) is 24.3 Å². The molecule has 8 heteroatoms. The maximum absolute atomic E-state index is 11.5. The molecule has 0 saturated heterocycles. The molecule has 0 bridgehead atoms. The van der Waals surface area contributed by atoms with E-state index < -0.39 is 14.9 Å². The first-order valence-electron chi connectivity index (χ1n) is 7.25. The zero-order chi connectivity index (χ0) is 17.9. The Morgan fingerprint density at radius 1 is 1.21 bits per heavy atom. The number of hydrogen-bond acceptors (Lipinski definition) is 5. The Balaban J connectivity index is 2.19. The van der Waals surface area contributed by atoms with E-state index in [2.05, 4.69) is 0 Å². The molecule has 2 aromatic carbocycles. The molecule has 0 radical (unpaired) electrons. The van der Waals surface area contributed by atoms with Gasteiger partial charge in [-0.15, -0.1) is 0 Å². The Kier molecular flexibility index (Phi) is 5.33. The smallest absolute Gasteiger partial charge is 0.269 e. The molecule has 0 aliphatic rings. The van der Waals surface area contributed by atoms with Crippen LogP contribution in [0.15, 0.2) is 53.4 Å². The number of hydrogen-bond donors (Lipinski definition) is 1. The van der Waals surface area contributed by atoms with Gasteiger partial charge in [0.05, 0.1) is 9.82 Å². The minimum Gasteiger partial charge on any atom is -0.295 e. The highest BCUT2D eigenvalue weighted by Gasteiger charge is 2.16. The molecule has 1 atom stereocenters. The SMILES string of the molecule is C[C@@H](c1cccc(S(N)(=O)=O)c1)N(C)Cc1cccc([N+](=O)[O-])c1. The summed E-state index contributed by atoms with van der Waals surface area (Å²) in [6.07, 6.45) is 0. The molecular weight excluding hydrogens is 330 g/mol. The molecule has 0 unspecified atom stereocenters. The van der Waals surface area contributed by atoms with Crippen LogP contribution in [0, 0.1) is 10.1 Å². The highest BCUT2D eigenvalue weighted by molar-refractivity contribution is 7.89. The third-order valence-corrected chi connectivity index (χ3v) is 4.79. The van der Waals surface area contributed by atoms with E-state index in [4.69, 9.17) is 5.14 Å². The fourth-order valence-corrected chi connectivity index (χ4v) is 2.97. The third-order valence-electron chi connectivity index (χ3n) is 3.88. The number of nitrogens with zero attached hydrogens (tertiary/aromatic N) is 2. The zero-order valence-electron chi connectivity index (χ0n) is 13.4. The van der Waals surface area contributed by atoms with E-state index >= 15 is 0 Å². The molecule has 0 amide bonds. The van der Waals surface area contributed by atoms with Gasteiger partial charge in [-0.05, 0) is 37.2 Å². The van der Waals surface area contributed by atoms with Gasteiger partial charge in [0.1, 0.15) is 0 Å². The third kappa shape index (κ3) is 4.38. The van der Waals surface area contributed by atoms with Crippen molar-refractivity contribution < 1.29 is 13.3 Å². The van der Waals surface area contributed by atoms with Crippen molar-refractivity contribution in [3.05, 3.63) is 69.8 Å². The fraction of sp³-hybridized carbons (Fsp3) is 0.250. The molecule has 0 saturated carbocycles. The van der Waals surface area contributed by atoms with Crippen molar-refractivity contribution in [3.8, 4) is 0 Å². The summed E-state index contributed by atoms with van der Waals surface area (Å²) in [5, 5.41) is 16.0. The second-order valence-corrected chi connectivity index (χ2v) is 7.20. The molecule has 24 heavy (non-hydrogen) atoms. The van der Waals surface area contributed by atoms with E-state index in [9.17, 15) is 18.5 Å². The maximum atomic E-state index is 11.5. The fourth-order valence-electron chi connectivity index (χ4n) is 2.40. The summed E-state index contributed by atoms with van der Waals surface area (Å²) in [5.74, 6) is 0. The minimum absolute atomic E-state index is 0.0461. The normalized spacial score (nSPS) is 13.0. The van der Waals surface area contributed by atoms with Crippen LogP contribution in [0.3, 0.4) is 0 Å². The molecule has 2 N–H and O–H groups in total. The van der Waals surface area contributed by atoms with Crippen molar-refractivity contribution in [2.45, 2.75) is 24.4 Å². The number of sulfonamides is 1. The highest BCUT2D eigenvalue weighted by Crippen LogP contribution is 2.23. The Morgan fingerprint density at radius 3 is 2.50 bits per heavy atom. The van der Waals surface area contributed by atoms with Gasteiger partial charge in [0.15, 0.2) is 0 Å². The average molecular weight is 349 g/mol. The second kappa shape index (κ2) is 7.08. The van der Waals surface area contributed by atoms with Crippen LogP contribution in [0.5, 0.6) is 0 Å². The first kappa shape index (κ1) is 18.1. The molecule has 2 aromatic rings. The lowest BCUT2D eigenvalue weighted by molar-refractivity contribution is -0.384. The van der Waals surface area contributed by atoms with E-state index in [0.29, 0.717) is 6.54 Å². The van der Waals surface area contributed by atoms with Gasteiger partial charge in [0.2, 0.25) is 10.0 Å². The van der Waals surface area contributed by atoms with Crippen LogP contribution in [0.1, 0.15) is 24.1 Å². The lowest BCUT2D eigenvalue weighted by Gasteiger charge is -2.25. The average Bonchev–Trinajstić information content (AvgIpc) is 2.53. The molecule has 0 aliphatic heterocycles. The van der Waals surface area contributed by atoms with Crippen LogP contribution in [0.25, 0.3) is 0 Å².